The Hall–Kier alpha value is -3.87. The van der Waals surface area contributed by atoms with E-state index in [0.29, 0.717) is 25.1 Å². The number of carbonyl (C=O) groups is 5. The second-order valence-corrected chi connectivity index (χ2v) is 10.9. The molecule has 5 amide bonds. The van der Waals surface area contributed by atoms with Crippen molar-refractivity contribution >= 4 is 35.6 Å². The summed E-state index contributed by atoms with van der Waals surface area (Å²) in [6, 6.07) is 4.90. The maximum absolute atomic E-state index is 13.0. The molecule has 0 radical (unpaired) electrons. The zero-order valence-electron chi connectivity index (χ0n) is 24.2. The van der Waals surface area contributed by atoms with Crippen molar-refractivity contribution in [2.45, 2.75) is 71.6 Å². The maximum Gasteiger partial charge on any atom is 0.408 e. The first-order valence-corrected chi connectivity index (χ1v) is 13.2. The van der Waals surface area contributed by atoms with E-state index in [9.17, 15) is 29.1 Å². The molecule has 0 heterocycles. The monoisotopic (exact) mass is 564 g/mol. The number of alkyl carbamates (subject to hydrolysis) is 1. The van der Waals surface area contributed by atoms with Crippen LogP contribution in [0.3, 0.4) is 0 Å². The second kappa shape index (κ2) is 16.3. The van der Waals surface area contributed by atoms with Crippen molar-refractivity contribution < 1.29 is 33.8 Å². The highest BCUT2D eigenvalue weighted by atomic mass is 16.6. The highest BCUT2D eigenvalue weighted by molar-refractivity contribution is 5.97. The lowest BCUT2D eigenvalue weighted by atomic mass is 10.0. The van der Waals surface area contributed by atoms with Crippen LogP contribution in [-0.2, 0) is 25.5 Å². The molecule has 7 N–H and O–H groups in total. The molecule has 2 atom stereocenters. The third-order valence-corrected chi connectivity index (χ3v) is 5.75. The van der Waals surface area contributed by atoms with Gasteiger partial charge in [0.2, 0.25) is 11.8 Å². The van der Waals surface area contributed by atoms with Crippen LogP contribution >= 0.6 is 0 Å². The van der Waals surface area contributed by atoms with Crippen LogP contribution in [0.25, 0.3) is 0 Å². The normalized spacial score (nSPS) is 12.8. The number of carbonyl (C=O) groups excluding carboxylic acids is 4. The van der Waals surface area contributed by atoms with E-state index in [-0.39, 0.29) is 25.4 Å². The van der Waals surface area contributed by atoms with Crippen molar-refractivity contribution in [3.63, 3.8) is 0 Å². The number of anilines is 1. The van der Waals surface area contributed by atoms with Gasteiger partial charge in [0, 0.05) is 18.8 Å². The predicted octanol–water partition coefficient (Wildman–Crippen LogP) is 1.67. The van der Waals surface area contributed by atoms with E-state index in [4.69, 9.17) is 10.5 Å². The van der Waals surface area contributed by atoms with Crippen LogP contribution in [0.2, 0.25) is 0 Å². The molecule has 13 heteroatoms. The summed E-state index contributed by atoms with van der Waals surface area (Å²) in [5, 5.41) is 19.6. The average Bonchev–Trinajstić information content (AvgIpc) is 2.82. The standard InChI is InChI=1S/C27H44N6O7/c1-17(2)22(24(36)37)33(6)15-13-18-9-11-19(12-10-18)31-23(35)20(8-7-14-29-25(28)38)32-21(34)16-30-26(39)40-27(3,4)5/h9-12,17,20,22H,7-8,13-16H2,1-6H3,(H,30,39)(H,31,35)(H,32,34)(H,36,37)(H3,28,29,38)/t20-,22?/m0/s1. The zero-order valence-corrected chi connectivity index (χ0v) is 24.2. The van der Waals surface area contributed by atoms with Gasteiger partial charge in [-0.1, -0.05) is 26.0 Å². The Morgan fingerprint density at radius 3 is 2.20 bits per heavy atom. The molecule has 1 unspecified atom stereocenters. The number of ether oxygens (including phenoxy) is 1. The number of carboxylic acid groups (broad SMARTS) is 1. The number of benzene rings is 1. The van der Waals surface area contributed by atoms with E-state index < -0.39 is 47.6 Å². The molecular formula is C27H44N6O7. The number of primary amides is 1. The number of amides is 5. The largest absolute Gasteiger partial charge is 0.480 e. The van der Waals surface area contributed by atoms with Crippen molar-refractivity contribution in [3.8, 4) is 0 Å². The number of likely N-dealkylation sites (N-methyl/N-ethyl adjacent to an activating group) is 1. The van der Waals surface area contributed by atoms with Crippen LogP contribution in [0.4, 0.5) is 15.3 Å². The topological polar surface area (TPSA) is 192 Å². The van der Waals surface area contributed by atoms with Gasteiger partial charge < -0.3 is 36.8 Å². The Kier molecular flexibility index (Phi) is 13.9. The van der Waals surface area contributed by atoms with Gasteiger partial charge in [-0.15, -0.1) is 0 Å². The lowest BCUT2D eigenvalue weighted by Crippen LogP contribution is -2.48. The number of hydrogen-bond acceptors (Lipinski definition) is 7. The second-order valence-electron chi connectivity index (χ2n) is 10.9. The summed E-state index contributed by atoms with van der Waals surface area (Å²) in [6.45, 7) is 9.20. The van der Waals surface area contributed by atoms with Gasteiger partial charge in [0.05, 0.1) is 0 Å². The van der Waals surface area contributed by atoms with Gasteiger partial charge in [-0.3, -0.25) is 19.3 Å². The zero-order chi connectivity index (χ0) is 30.5. The number of nitrogens with zero attached hydrogens (tertiary/aromatic N) is 1. The molecule has 1 aromatic carbocycles. The van der Waals surface area contributed by atoms with Crippen molar-refractivity contribution in [3.05, 3.63) is 29.8 Å². The smallest absolute Gasteiger partial charge is 0.408 e. The third-order valence-electron chi connectivity index (χ3n) is 5.75. The first kappa shape index (κ1) is 34.2. The number of nitrogens with two attached hydrogens (primary N) is 1. The summed E-state index contributed by atoms with van der Waals surface area (Å²) in [5.74, 6) is -1.95. The minimum absolute atomic E-state index is 0.0341. The fraction of sp³-hybridized carbons (Fsp3) is 0.593. The van der Waals surface area contributed by atoms with Crippen LogP contribution in [0.15, 0.2) is 24.3 Å². The maximum atomic E-state index is 13.0. The van der Waals surface area contributed by atoms with E-state index in [1.54, 1.807) is 44.9 Å². The van der Waals surface area contributed by atoms with E-state index in [1.165, 1.54) is 0 Å². The summed E-state index contributed by atoms with van der Waals surface area (Å²) < 4.78 is 5.10. The highest BCUT2D eigenvalue weighted by Crippen LogP contribution is 2.14. The van der Waals surface area contributed by atoms with Crippen molar-refractivity contribution in [2.24, 2.45) is 11.7 Å². The summed E-state index contributed by atoms with van der Waals surface area (Å²) in [6.07, 6.45) is 0.427. The summed E-state index contributed by atoms with van der Waals surface area (Å²) in [7, 11) is 1.78. The van der Waals surface area contributed by atoms with Gasteiger partial charge in [-0.25, -0.2) is 9.59 Å². The Morgan fingerprint density at radius 2 is 1.68 bits per heavy atom. The Labute approximate surface area is 235 Å². The molecule has 1 aromatic rings. The average molecular weight is 565 g/mol. The molecule has 0 saturated heterocycles. The first-order chi connectivity index (χ1) is 18.6. The van der Waals surface area contributed by atoms with Gasteiger partial charge >= 0.3 is 18.1 Å². The highest BCUT2D eigenvalue weighted by Gasteiger charge is 2.26. The minimum atomic E-state index is -0.945. The molecule has 40 heavy (non-hydrogen) atoms. The molecule has 0 aliphatic carbocycles. The van der Waals surface area contributed by atoms with Gasteiger partial charge in [-0.05, 0) is 70.7 Å². The van der Waals surface area contributed by atoms with E-state index in [0.717, 1.165) is 5.56 Å². The number of nitrogens with one attached hydrogen (secondary N) is 4. The number of rotatable bonds is 15. The fourth-order valence-electron chi connectivity index (χ4n) is 3.91. The molecule has 0 aromatic heterocycles. The van der Waals surface area contributed by atoms with Gasteiger partial charge in [-0.2, -0.15) is 0 Å². The lowest BCUT2D eigenvalue weighted by molar-refractivity contribution is -0.144. The van der Waals surface area contributed by atoms with Crippen molar-refractivity contribution in [2.75, 3.05) is 32.0 Å². The molecule has 0 saturated carbocycles. The molecule has 0 spiro atoms. The molecule has 0 aliphatic heterocycles. The number of urea groups is 1. The summed E-state index contributed by atoms with van der Waals surface area (Å²) in [4.78, 5) is 61.5. The van der Waals surface area contributed by atoms with E-state index >= 15 is 0 Å². The molecule has 13 nitrogen and oxygen atoms in total. The molecule has 0 bridgehead atoms. The van der Waals surface area contributed by atoms with Gasteiger partial charge in [0.25, 0.3) is 0 Å². The van der Waals surface area contributed by atoms with Crippen molar-refractivity contribution in [1.82, 2.24) is 20.9 Å². The van der Waals surface area contributed by atoms with Crippen LogP contribution < -0.4 is 27.0 Å². The molecule has 1 rings (SSSR count). The Morgan fingerprint density at radius 1 is 1.05 bits per heavy atom. The van der Waals surface area contributed by atoms with Crippen LogP contribution in [0.5, 0.6) is 0 Å². The molecular weight excluding hydrogens is 520 g/mol. The first-order valence-electron chi connectivity index (χ1n) is 13.2. The summed E-state index contributed by atoms with van der Waals surface area (Å²) >= 11 is 0. The summed E-state index contributed by atoms with van der Waals surface area (Å²) in [5.41, 5.74) is 5.82. The van der Waals surface area contributed by atoms with Gasteiger partial charge in [0.15, 0.2) is 0 Å². The molecule has 224 valence electrons. The molecule has 0 fully saturated rings. The number of carboxylic acids is 1. The van der Waals surface area contributed by atoms with Gasteiger partial charge in [0.1, 0.15) is 24.2 Å². The van der Waals surface area contributed by atoms with Crippen LogP contribution in [-0.4, -0.2) is 84.3 Å². The van der Waals surface area contributed by atoms with Crippen LogP contribution in [0, 0.1) is 5.92 Å². The minimum Gasteiger partial charge on any atom is -0.480 e. The predicted molar refractivity (Wildman–Crippen MR) is 151 cm³/mol. The Bertz CT molecular complexity index is 1010. The quantitative estimate of drug-likeness (QED) is 0.173. The van der Waals surface area contributed by atoms with E-state index in [2.05, 4.69) is 21.3 Å². The lowest BCUT2D eigenvalue weighted by Gasteiger charge is -2.27. The third kappa shape index (κ3) is 13.8. The Balaban J connectivity index is 2.76. The van der Waals surface area contributed by atoms with Crippen molar-refractivity contribution in [1.29, 1.82) is 0 Å². The van der Waals surface area contributed by atoms with E-state index in [1.807, 2.05) is 26.0 Å². The fourth-order valence-corrected chi connectivity index (χ4v) is 3.91. The SMILES string of the molecule is CC(C)C(C(=O)O)N(C)CCc1ccc(NC(=O)[C@H](CCCNC(N)=O)NC(=O)CNC(=O)OC(C)(C)C)cc1. The molecule has 0 aliphatic rings. The number of hydrogen-bond donors (Lipinski definition) is 6. The number of aliphatic carboxylic acids is 1. The van der Waals surface area contributed by atoms with Crippen LogP contribution in [0.1, 0.15) is 53.0 Å².